The predicted molar refractivity (Wildman–Crippen MR) is 123 cm³/mol. The molecular weight excluding hydrogens is 437 g/mol. The number of hydrogen-bond acceptors (Lipinski definition) is 5. The van der Waals surface area contributed by atoms with E-state index in [4.69, 9.17) is 4.74 Å². The minimum Gasteiger partial charge on any atom is -0.465 e. The number of pyridine rings is 1. The van der Waals surface area contributed by atoms with Gasteiger partial charge in [-0.1, -0.05) is 12.1 Å². The first-order valence-corrected chi connectivity index (χ1v) is 8.73. The number of hydrogen-bond donors (Lipinski definition) is 2. The summed E-state index contributed by atoms with van der Waals surface area (Å²) >= 11 is 0. The number of nitrogens with one attached hydrogen (secondary N) is 2. The first-order chi connectivity index (χ1) is 12.6. The third-order valence-electron chi connectivity index (χ3n) is 4.26. The standard InChI is InChI=1S/C19H25N5O2.3ClH/c1-23(2)16-7-5-15(6-8-16)18(26-17-4-3-9-21-14-17)22-19(25)24-12-10-20-11-13-24;;;/h3-9,14,18,20H,10-13H2,1-2H3,(H,22,25);3*1H. The number of rotatable bonds is 5. The highest BCUT2D eigenvalue weighted by Gasteiger charge is 2.22. The second-order valence-electron chi connectivity index (χ2n) is 6.36. The lowest BCUT2D eigenvalue weighted by atomic mass is 10.1. The largest absolute Gasteiger partial charge is 0.465 e. The van der Waals surface area contributed by atoms with E-state index in [-0.39, 0.29) is 43.3 Å². The number of benzene rings is 1. The number of piperazine rings is 1. The molecule has 0 bridgehead atoms. The van der Waals surface area contributed by atoms with Crippen LogP contribution in [-0.4, -0.2) is 56.2 Å². The average Bonchev–Trinajstić information content (AvgIpc) is 2.69. The smallest absolute Gasteiger partial charge is 0.320 e. The molecule has 7 nitrogen and oxygen atoms in total. The topological polar surface area (TPSA) is 69.7 Å². The second kappa shape index (κ2) is 13.3. The molecule has 10 heteroatoms. The summed E-state index contributed by atoms with van der Waals surface area (Å²) in [6.07, 6.45) is 2.74. The molecule has 3 rings (SSSR count). The fourth-order valence-electron chi connectivity index (χ4n) is 2.75. The van der Waals surface area contributed by atoms with Gasteiger partial charge in [-0.3, -0.25) is 10.3 Å². The van der Waals surface area contributed by atoms with Crippen LogP contribution in [-0.2, 0) is 0 Å². The van der Waals surface area contributed by atoms with Gasteiger partial charge < -0.3 is 19.9 Å². The molecule has 29 heavy (non-hydrogen) atoms. The van der Waals surface area contributed by atoms with Gasteiger partial charge in [-0.25, -0.2) is 4.79 Å². The molecule has 1 saturated heterocycles. The zero-order valence-electron chi connectivity index (χ0n) is 16.4. The van der Waals surface area contributed by atoms with E-state index in [1.165, 1.54) is 0 Å². The van der Waals surface area contributed by atoms with Crippen LogP contribution in [0.1, 0.15) is 11.8 Å². The minimum absolute atomic E-state index is 0. The molecule has 1 fully saturated rings. The molecule has 0 spiro atoms. The Morgan fingerprint density at radius 1 is 1.14 bits per heavy atom. The predicted octanol–water partition coefficient (Wildman–Crippen LogP) is 3.11. The highest BCUT2D eigenvalue weighted by Crippen LogP contribution is 2.22. The van der Waals surface area contributed by atoms with Gasteiger partial charge in [0.25, 0.3) is 0 Å². The molecule has 0 saturated carbocycles. The summed E-state index contributed by atoms with van der Waals surface area (Å²) in [4.78, 5) is 20.5. The van der Waals surface area contributed by atoms with Crippen LogP contribution in [0.25, 0.3) is 0 Å². The summed E-state index contributed by atoms with van der Waals surface area (Å²) in [5.41, 5.74) is 1.96. The number of carbonyl (C=O) groups excluding carboxylic acids is 1. The highest BCUT2D eigenvalue weighted by atomic mass is 35.5. The molecule has 162 valence electrons. The van der Waals surface area contributed by atoms with Crippen molar-refractivity contribution in [1.29, 1.82) is 0 Å². The van der Waals surface area contributed by atoms with Crippen molar-refractivity contribution in [2.75, 3.05) is 45.2 Å². The first-order valence-electron chi connectivity index (χ1n) is 8.73. The third kappa shape index (κ3) is 7.78. The van der Waals surface area contributed by atoms with Gasteiger partial charge in [0.2, 0.25) is 0 Å². The molecular formula is C19H28Cl3N5O2. The molecule has 1 aromatic carbocycles. The van der Waals surface area contributed by atoms with Crippen LogP contribution < -0.4 is 20.3 Å². The van der Waals surface area contributed by atoms with Gasteiger partial charge in [0.15, 0.2) is 6.23 Å². The maximum absolute atomic E-state index is 12.6. The summed E-state index contributed by atoms with van der Waals surface area (Å²) in [5.74, 6) is 0.606. The molecule has 1 unspecified atom stereocenters. The van der Waals surface area contributed by atoms with E-state index in [1.807, 2.05) is 49.3 Å². The molecule has 2 N–H and O–H groups in total. The van der Waals surface area contributed by atoms with E-state index in [1.54, 1.807) is 23.4 Å². The summed E-state index contributed by atoms with van der Waals surface area (Å²) in [6.45, 7) is 2.98. The average molecular weight is 465 g/mol. The van der Waals surface area contributed by atoms with E-state index in [2.05, 4.69) is 15.6 Å². The molecule has 1 aliphatic rings. The fraction of sp³-hybridized carbons (Fsp3) is 0.368. The zero-order valence-corrected chi connectivity index (χ0v) is 18.9. The lowest BCUT2D eigenvalue weighted by molar-refractivity contribution is 0.140. The Morgan fingerprint density at radius 2 is 1.79 bits per heavy atom. The number of carbonyl (C=O) groups is 1. The van der Waals surface area contributed by atoms with Gasteiger partial charge in [0.1, 0.15) is 5.75 Å². The summed E-state index contributed by atoms with van der Waals surface area (Å²) in [6, 6.07) is 11.4. The highest BCUT2D eigenvalue weighted by molar-refractivity contribution is 5.86. The molecule has 0 aliphatic carbocycles. The van der Waals surface area contributed by atoms with Gasteiger partial charge in [-0.2, -0.15) is 0 Å². The van der Waals surface area contributed by atoms with Crippen LogP contribution in [0.4, 0.5) is 10.5 Å². The molecule has 1 atom stereocenters. The van der Waals surface area contributed by atoms with Crippen molar-refractivity contribution < 1.29 is 9.53 Å². The fourth-order valence-corrected chi connectivity index (χ4v) is 2.75. The van der Waals surface area contributed by atoms with Gasteiger partial charge in [-0.15, -0.1) is 37.2 Å². The van der Waals surface area contributed by atoms with E-state index in [9.17, 15) is 4.79 Å². The van der Waals surface area contributed by atoms with E-state index in [0.29, 0.717) is 18.8 Å². The minimum atomic E-state index is -0.585. The molecule has 2 amide bonds. The number of aromatic nitrogens is 1. The Labute approximate surface area is 190 Å². The van der Waals surface area contributed by atoms with E-state index >= 15 is 0 Å². The van der Waals surface area contributed by atoms with Crippen molar-refractivity contribution in [3.63, 3.8) is 0 Å². The van der Waals surface area contributed by atoms with Crippen LogP contribution in [0, 0.1) is 0 Å². The molecule has 1 aliphatic heterocycles. The van der Waals surface area contributed by atoms with Gasteiger partial charge in [0.05, 0.1) is 6.20 Å². The number of anilines is 1. The van der Waals surface area contributed by atoms with Gasteiger partial charge in [-0.05, 0) is 24.3 Å². The Bertz CT molecular complexity index is 714. The molecule has 2 aromatic rings. The van der Waals surface area contributed by atoms with Crippen molar-refractivity contribution >= 4 is 48.9 Å². The number of urea groups is 1. The summed E-state index contributed by atoms with van der Waals surface area (Å²) < 4.78 is 6.01. The maximum Gasteiger partial charge on any atom is 0.320 e. The van der Waals surface area contributed by atoms with Crippen LogP contribution >= 0.6 is 37.2 Å². The first kappa shape index (κ1) is 27.1. The maximum atomic E-state index is 12.6. The SMILES string of the molecule is CN(C)c1ccc(C(NC(=O)N2CCNCC2)Oc2cccnc2)cc1.Cl.Cl.Cl. The van der Waals surface area contributed by atoms with Crippen molar-refractivity contribution in [2.24, 2.45) is 0 Å². The molecule has 2 heterocycles. The quantitative estimate of drug-likeness (QED) is 0.666. The zero-order chi connectivity index (χ0) is 18.4. The van der Waals surface area contributed by atoms with E-state index < -0.39 is 6.23 Å². The van der Waals surface area contributed by atoms with Crippen LogP contribution in [0.2, 0.25) is 0 Å². The summed E-state index contributed by atoms with van der Waals surface area (Å²) in [7, 11) is 3.98. The lowest BCUT2D eigenvalue weighted by Gasteiger charge is -2.30. The van der Waals surface area contributed by atoms with Crippen molar-refractivity contribution in [3.8, 4) is 5.75 Å². The number of amides is 2. The van der Waals surface area contributed by atoms with Gasteiger partial charge in [0, 0.05) is 57.7 Å². The Morgan fingerprint density at radius 3 is 2.34 bits per heavy atom. The molecule has 1 aromatic heterocycles. The third-order valence-corrected chi connectivity index (χ3v) is 4.26. The Hall–Kier alpha value is -1.93. The van der Waals surface area contributed by atoms with E-state index in [0.717, 1.165) is 24.3 Å². The number of ether oxygens (including phenoxy) is 1. The Kier molecular flexibility index (Phi) is 12.4. The normalized spacial score (nSPS) is 13.7. The summed E-state index contributed by atoms with van der Waals surface area (Å²) in [5, 5.41) is 6.24. The Balaban J connectivity index is 0.00000261. The number of halogens is 3. The lowest BCUT2D eigenvalue weighted by Crippen LogP contribution is -2.51. The van der Waals surface area contributed by atoms with Crippen LogP contribution in [0.5, 0.6) is 5.75 Å². The second-order valence-corrected chi connectivity index (χ2v) is 6.36. The van der Waals surface area contributed by atoms with Crippen LogP contribution in [0.15, 0.2) is 48.8 Å². The van der Waals surface area contributed by atoms with Crippen molar-refractivity contribution in [3.05, 3.63) is 54.4 Å². The number of nitrogens with zero attached hydrogens (tertiary/aromatic N) is 3. The van der Waals surface area contributed by atoms with Crippen molar-refractivity contribution in [2.45, 2.75) is 6.23 Å². The van der Waals surface area contributed by atoms with Gasteiger partial charge >= 0.3 is 6.03 Å². The van der Waals surface area contributed by atoms with Crippen molar-refractivity contribution in [1.82, 2.24) is 20.5 Å². The monoisotopic (exact) mass is 463 g/mol. The molecule has 0 radical (unpaired) electrons. The van der Waals surface area contributed by atoms with Crippen LogP contribution in [0.3, 0.4) is 0 Å².